The van der Waals surface area contributed by atoms with E-state index in [4.69, 9.17) is 14.4 Å². The number of aromatic nitrogens is 3. The summed E-state index contributed by atoms with van der Waals surface area (Å²) in [6.07, 6.45) is 3.90. The summed E-state index contributed by atoms with van der Waals surface area (Å²) in [4.78, 5) is 9.79. The van der Waals surface area contributed by atoms with Crippen molar-refractivity contribution in [1.29, 1.82) is 0 Å². The number of para-hydroxylation sites is 1. The minimum Gasteiger partial charge on any atom is -0.455 e. The Balaban J connectivity index is 1.38. The van der Waals surface area contributed by atoms with Gasteiger partial charge >= 0.3 is 0 Å². The van der Waals surface area contributed by atoms with Crippen molar-refractivity contribution < 1.29 is 4.42 Å². The van der Waals surface area contributed by atoms with Gasteiger partial charge in [0, 0.05) is 34.3 Å². The van der Waals surface area contributed by atoms with Gasteiger partial charge in [-0.05, 0) is 88.5 Å². The minimum atomic E-state index is 0.831. The Morgan fingerprint density at radius 1 is 0.500 bits per heavy atom. The van der Waals surface area contributed by atoms with Gasteiger partial charge in [0.25, 0.3) is 0 Å². The zero-order chi connectivity index (χ0) is 30.5. The van der Waals surface area contributed by atoms with Crippen LogP contribution in [0.1, 0.15) is 0 Å². The fourth-order valence-electron chi connectivity index (χ4n) is 6.51. The summed E-state index contributed by atoms with van der Waals surface area (Å²) in [5.74, 6) is 0. The number of hydrogen-bond donors (Lipinski definition) is 0. The molecule has 0 radical (unpaired) electrons. The SMILES string of the molecule is c1ccc(-c2cc(-c3ccccc3)cc(-c3cc(-c4c(-c5ccccn5)nc5ccccn45)cc4c3oc3ccccc34)c2)cc1. The minimum absolute atomic E-state index is 0.831. The average molecular weight is 590 g/mol. The Morgan fingerprint density at radius 2 is 1.17 bits per heavy atom. The van der Waals surface area contributed by atoms with Gasteiger partial charge < -0.3 is 4.42 Å². The molecule has 0 aliphatic carbocycles. The summed E-state index contributed by atoms with van der Waals surface area (Å²) in [6, 6.07) is 52.8. The normalized spacial score (nSPS) is 11.5. The van der Waals surface area contributed by atoms with Crippen LogP contribution in [0, 0.1) is 0 Å². The largest absolute Gasteiger partial charge is 0.455 e. The Hall–Kier alpha value is -6.26. The summed E-state index contributed by atoms with van der Waals surface area (Å²) < 4.78 is 8.83. The molecule has 0 aliphatic heterocycles. The van der Waals surface area contributed by atoms with Crippen molar-refractivity contribution in [2.45, 2.75) is 0 Å². The number of fused-ring (bicyclic) bond motifs is 4. The molecule has 46 heavy (non-hydrogen) atoms. The van der Waals surface area contributed by atoms with Crippen LogP contribution in [0.4, 0.5) is 0 Å². The molecule has 4 aromatic heterocycles. The fourth-order valence-corrected chi connectivity index (χ4v) is 6.51. The Bertz CT molecular complexity index is 2460. The molecule has 0 aliphatic rings. The van der Waals surface area contributed by atoms with Crippen molar-refractivity contribution in [2.75, 3.05) is 0 Å². The highest BCUT2D eigenvalue weighted by atomic mass is 16.3. The van der Waals surface area contributed by atoms with E-state index >= 15 is 0 Å². The third-order valence-electron chi connectivity index (χ3n) is 8.65. The fraction of sp³-hybridized carbons (Fsp3) is 0. The Labute approximate surface area is 265 Å². The summed E-state index contributed by atoms with van der Waals surface area (Å²) in [6.45, 7) is 0. The van der Waals surface area contributed by atoms with Gasteiger partial charge in [0.05, 0.1) is 11.4 Å². The first-order chi connectivity index (χ1) is 22.8. The number of imidazole rings is 1. The van der Waals surface area contributed by atoms with E-state index in [0.717, 1.165) is 83.6 Å². The van der Waals surface area contributed by atoms with Gasteiger partial charge in [-0.1, -0.05) is 91.0 Å². The van der Waals surface area contributed by atoms with Gasteiger partial charge in [0.2, 0.25) is 0 Å². The van der Waals surface area contributed by atoms with E-state index in [9.17, 15) is 0 Å². The van der Waals surface area contributed by atoms with Gasteiger partial charge in [-0.15, -0.1) is 0 Å². The first-order valence-corrected chi connectivity index (χ1v) is 15.4. The molecule has 4 nitrogen and oxygen atoms in total. The van der Waals surface area contributed by atoms with Crippen molar-refractivity contribution in [3.8, 4) is 56.0 Å². The first kappa shape index (κ1) is 26.2. The van der Waals surface area contributed by atoms with Crippen molar-refractivity contribution in [3.05, 3.63) is 164 Å². The molecule has 9 aromatic rings. The molecule has 216 valence electrons. The molecule has 9 rings (SSSR count). The summed E-state index contributed by atoms with van der Waals surface area (Å²) >= 11 is 0. The second kappa shape index (κ2) is 10.7. The molecule has 0 bridgehead atoms. The van der Waals surface area contributed by atoms with E-state index in [1.807, 2.05) is 54.7 Å². The van der Waals surface area contributed by atoms with Crippen molar-refractivity contribution in [3.63, 3.8) is 0 Å². The third kappa shape index (κ3) is 4.39. The quantitative estimate of drug-likeness (QED) is 0.201. The first-order valence-electron chi connectivity index (χ1n) is 15.4. The molecule has 4 heteroatoms. The molecular formula is C42H27N3O. The van der Waals surface area contributed by atoms with Crippen LogP contribution in [0.5, 0.6) is 0 Å². The smallest absolute Gasteiger partial charge is 0.143 e. The lowest BCUT2D eigenvalue weighted by molar-refractivity contribution is 0.670. The summed E-state index contributed by atoms with van der Waals surface area (Å²) in [7, 11) is 0. The van der Waals surface area contributed by atoms with Crippen LogP contribution < -0.4 is 0 Å². The maximum Gasteiger partial charge on any atom is 0.143 e. The molecule has 0 atom stereocenters. The lowest BCUT2D eigenvalue weighted by atomic mass is 9.91. The molecule has 5 aromatic carbocycles. The molecule has 0 amide bonds. The highest BCUT2D eigenvalue weighted by Gasteiger charge is 2.21. The number of hydrogen-bond acceptors (Lipinski definition) is 3. The predicted molar refractivity (Wildman–Crippen MR) is 187 cm³/mol. The molecule has 0 saturated carbocycles. The summed E-state index contributed by atoms with van der Waals surface area (Å²) in [5.41, 5.74) is 13.0. The van der Waals surface area contributed by atoms with Gasteiger partial charge in [0.15, 0.2) is 0 Å². The summed E-state index contributed by atoms with van der Waals surface area (Å²) in [5, 5.41) is 2.14. The van der Waals surface area contributed by atoms with E-state index in [-0.39, 0.29) is 0 Å². The van der Waals surface area contributed by atoms with Crippen LogP contribution in [-0.2, 0) is 0 Å². The van der Waals surface area contributed by atoms with E-state index in [0.29, 0.717) is 0 Å². The van der Waals surface area contributed by atoms with Crippen molar-refractivity contribution in [2.24, 2.45) is 0 Å². The lowest BCUT2D eigenvalue weighted by Crippen LogP contribution is -1.92. The predicted octanol–water partition coefficient (Wildman–Crippen LogP) is 11.0. The van der Waals surface area contributed by atoms with E-state index < -0.39 is 0 Å². The Kier molecular flexibility index (Phi) is 6.10. The molecular weight excluding hydrogens is 562 g/mol. The number of nitrogens with zero attached hydrogens (tertiary/aromatic N) is 3. The number of rotatable bonds is 5. The van der Waals surface area contributed by atoms with Crippen molar-refractivity contribution in [1.82, 2.24) is 14.4 Å². The number of benzene rings is 5. The molecule has 0 spiro atoms. The second-order valence-electron chi connectivity index (χ2n) is 11.5. The zero-order valence-electron chi connectivity index (χ0n) is 24.8. The second-order valence-corrected chi connectivity index (χ2v) is 11.5. The highest BCUT2D eigenvalue weighted by molar-refractivity contribution is 6.12. The monoisotopic (exact) mass is 589 g/mol. The van der Waals surface area contributed by atoms with Gasteiger partial charge in [-0.3, -0.25) is 9.38 Å². The van der Waals surface area contributed by atoms with E-state index in [2.05, 4.69) is 114 Å². The van der Waals surface area contributed by atoms with Crippen molar-refractivity contribution >= 4 is 27.6 Å². The lowest BCUT2D eigenvalue weighted by Gasteiger charge is -2.13. The number of pyridine rings is 2. The highest BCUT2D eigenvalue weighted by Crippen LogP contribution is 2.43. The standard InChI is InChI=1S/C42H27N3O/c1-3-13-28(14-4-1)30-23-31(29-15-5-2-6-16-29)25-32(24-30)35-26-33(27-36-34-17-7-8-19-38(34)46-42(35)36)41-40(37-18-9-11-21-43-37)44-39-20-10-12-22-45(39)41/h1-27H. The van der Waals surface area contributed by atoms with Crippen LogP contribution >= 0.6 is 0 Å². The van der Waals surface area contributed by atoms with Gasteiger partial charge in [-0.2, -0.15) is 0 Å². The van der Waals surface area contributed by atoms with E-state index in [1.54, 1.807) is 0 Å². The molecule has 4 heterocycles. The molecule has 0 unspecified atom stereocenters. The van der Waals surface area contributed by atoms with Crippen LogP contribution in [0.3, 0.4) is 0 Å². The zero-order valence-corrected chi connectivity index (χ0v) is 24.8. The van der Waals surface area contributed by atoms with Crippen LogP contribution in [0.15, 0.2) is 168 Å². The van der Waals surface area contributed by atoms with Gasteiger partial charge in [-0.25, -0.2) is 4.98 Å². The average Bonchev–Trinajstić information content (AvgIpc) is 3.71. The molecule has 0 N–H and O–H groups in total. The van der Waals surface area contributed by atoms with Crippen LogP contribution in [0.25, 0.3) is 83.6 Å². The topological polar surface area (TPSA) is 43.3 Å². The number of furan rings is 1. The maximum atomic E-state index is 6.67. The van der Waals surface area contributed by atoms with Crippen LogP contribution in [-0.4, -0.2) is 14.4 Å². The van der Waals surface area contributed by atoms with Crippen LogP contribution in [0.2, 0.25) is 0 Å². The van der Waals surface area contributed by atoms with Gasteiger partial charge in [0.1, 0.15) is 22.5 Å². The molecule has 0 fully saturated rings. The molecule has 0 saturated heterocycles. The van der Waals surface area contributed by atoms with E-state index in [1.165, 1.54) is 0 Å². The third-order valence-corrected chi connectivity index (χ3v) is 8.65. The maximum absolute atomic E-state index is 6.67. The Morgan fingerprint density at radius 3 is 1.91 bits per heavy atom.